The highest BCUT2D eigenvalue weighted by Crippen LogP contribution is 2.32. The minimum Gasteiger partial charge on any atom is -0.384 e. The largest absolute Gasteiger partial charge is 0.384 e. The molecule has 17 heavy (non-hydrogen) atoms. The summed E-state index contributed by atoms with van der Waals surface area (Å²) in [6.07, 6.45) is 3.80. The van der Waals surface area contributed by atoms with Gasteiger partial charge in [-0.1, -0.05) is 31.9 Å². The third-order valence-corrected chi connectivity index (χ3v) is 4.95. The van der Waals surface area contributed by atoms with E-state index in [4.69, 9.17) is 0 Å². The number of rotatable bonds is 6. The van der Waals surface area contributed by atoms with Crippen LogP contribution in [0.1, 0.15) is 26.2 Å². The molecule has 0 spiro atoms. The Labute approximate surface area is 103 Å². The Morgan fingerprint density at radius 2 is 2.00 bits per heavy atom. The van der Waals surface area contributed by atoms with Gasteiger partial charge in [0.1, 0.15) is 0 Å². The van der Waals surface area contributed by atoms with E-state index in [1.165, 1.54) is 12.8 Å². The van der Waals surface area contributed by atoms with Crippen LogP contribution in [-0.4, -0.2) is 20.7 Å². The van der Waals surface area contributed by atoms with E-state index >= 15 is 0 Å². The maximum Gasteiger partial charge on any atom is 0.180 e. The molecule has 0 atom stereocenters. The molecule has 0 heterocycles. The Bertz CT molecular complexity index is 478. The fourth-order valence-electron chi connectivity index (χ4n) is 1.86. The van der Waals surface area contributed by atoms with Crippen molar-refractivity contribution < 1.29 is 8.42 Å². The van der Waals surface area contributed by atoms with E-state index in [0.717, 1.165) is 24.6 Å². The number of hydrogen-bond donors (Lipinski definition) is 1. The molecule has 1 aliphatic carbocycles. The Morgan fingerprint density at radius 1 is 1.29 bits per heavy atom. The molecule has 2 rings (SSSR count). The molecular formula is C13H19NO2S. The first kappa shape index (κ1) is 12.4. The van der Waals surface area contributed by atoms with Crippen LogP contribution < -0.4 is 5.32 Å². The second-order valence-corrected chi connectivity index (χ2v) is 6.81. The number of hydrogen-bond acceptors (Lipinski definition) is 3. The predicted molar refractivity (Wildman–Crippen MR) is 70.0 cm³/mol. The predicted octanol–water partition coefficient (Wildman–Crippen LogP) is 2.69. The van der Waals surface area contributed by atoms with Crippen molar-refractivity contribution in [2.24, 2.45) is 5.92 Å². The topological polar surface area (TPSA) is 46.2 Å². The average Bonchev–Trinajstić information content (AvgIpc) is 3.14. The minimum atomic E-state index is -3.13. The Kier molecular flexibility index (Phi) is 3.72. The first-order valence-corrected chi connectivity index (χ1v) is 7.84. The highest BCUT2D eigenvalue weighted by molar-refractivity contribution is 7.91. The zero-order valence-electron chi connectivity index (χ0n) is 10.1. The van der Waals surface area contributed by atoms with E-state index in [9.17, 15) is 8.42 Å². The van der Waals surface area contributed by atoms with Crippen molar-refractivity contribution in [3.63, 3.8) is 0 Å². The third kappa shape index (κ3) is 3.22. The van der Waals surface area contributed by atoms with Crippen LogP contribution in [0.2, 0.25) is 0 Å². The van der Waals surface area contributed by atoms with Gasteiger partial charge in [-0.3, -0.25) is 0 Å². The van der Waals surface area contributed by atoms with Gasteiger partial charge in [0, 0.05) is 6.54 Å². The second kappa shape index (κ2) is 5.08. The van der Waals surface area contributed by atoms with Crippen LogP contribution in [0.4, 0.5) is 5.69 Å². The standard InChI is InChI=1S/C13H19NO2S/c1-2-17(15,16)13-6-4-3-5-12(13)14-10-9-11-7-8-11/h3-6,11,14H,2,7-10H2,1H3. The Morgan fingerprint density at radius 3 is 2.65 bits per heavy atom. The van der Waals surface area contributed by atoms with Crippen molar-refractivity contribution in [2.75, 3.05) is 17.6 Å². The number of sulfone groups is 1. The molecular weight excluding hydrogens is 234 g/mol. The molecule has 3 nitrogen and oxygen atoms in total. The summed E-state index contributed by atoms with van der Waals surface area (Å²) in [6, 6.07) is 7.16. The molecule has 0 unspecified atom stereocenters. The van der Waals surface area contributed by atoms with Crippen molar-refractivity contribution in [1.29, 1.82) is 0 Å². The van der Waals surface area contributed by atoms with E-state index in [1.807, 2.05) is 12.1 Å². The van der Waals surface area contributed by atoms with Crippen LogP contribution in [0.3, 0.4) is 0 Å². The van der Waals surface area contributed by atoms with Crippen molar-refractivity contribution >= 4 is 15.5 Å². The van der Waals surface area contributed by atoms with E-state index in [1.54, 1.807) is 19.1 Å². The van der Waals surface area contributed by atoms with Crippen molar-refractivity contribution in [3.8, 4) is 0 Å². The van der Waals surface area contributed by atoms with Crippen molar-refractivity contribution in [2.45, 2.75) is 31.1 Å². The molecule has 1 saturated carbocycles. The monoisotopic (exact) mass is 253 g/mol. The fourth-order valence-corrected chi connectivity index (χ4v) is 2.93. The molecule has 0 bridgehead atoms. The number of nitrogens with one attached hydrogen (secondary N) is 1. The van der Waals surface area contributed by atoms with Crippen molar-refractivity contribution in [1.82, 2.24) is 0 Å². The van der Waals surface area contributed by atoms with E-state index < -0.39 is 9.84 Å². The molecule has 0 saturated heterocycles. The Hall–Kier alpha value is -1.03. The summed E-state index contributed by atoms with van der Waals surface area (Å²) in [5.74, 6) is 1.01. The lowest BCUT2D eigenvalue weighted by molar-refractivity contribution is 0.597. The maximum absolute atomic E-state index is 11.9. The molecule has 1 N–H and O–H groups in total. The first-order chi connectivity index (χ1) is 8.13. The molecule has 4 heteroatoms. The lowest BCUT2D eigenvalue weighted by atomic mass is 10.2. The summed E-state index contributed by atoms with van der Waals surface area (Å²) in [5.41, 5.74) is 0.745. The van der Waals surface area contributed by atoms with Gasteiger partial charge in [0.25, 0.3) is 0 Å². The van der Waals surface area contributed by atoms with Gasteiger partial charge in [-0.25, -0.2) is 8.42 Å². The number of benzene rings is 1. The van der Waals surface area contributed by atoms with E-state index in [0.29, 0.717) is 4.90 Å². The molecule has 94 valence electrons. The minimum absolute atomic E-state index is 0.147. The van der Waals surface area contributed by atoms with E-state index in [-0.39, 0.29) is 5.75 Å². The van der Waals surface area contributed by atoms with Gasteiger partial charge in [0.15, 0.2) is 9.84 Å². The molecule has 0 aliphatic heterocycles. The SMILES string of the molecule is CCS(=O)(=O)c1ccccc1NCCC1CC1. The van der Waals surface area contributed by atoms with Gasteiger partial charge in [0.2, 0.25) is 0 Å². The lowest BCUT2D eigenvalue weighted by Gasteiger charge is -2.11. The molecule has 0 radical (unpaired) electrons. The van der Waals surface area contributed by atoms with Gasteiger partial charge in [-0.15, -0.1) is 0 Å². The van der Waals surface area contributed by atoms with Gasteiger partial charge < -0.3 is 5.32 Å². The average molecular weight is 253 g/mol. The molecule has 0 amide bonds. The van der Waals surface area contributed by atoms with Gasteiger partial charge in [-0.05, 0) is 24.5 Å². The normalized spacial score (nSPS) is 15.8. The summed E-state index contributed by atoms with van der Waals surface area (Å²) < 4.78 is 23.8. The lowest BCUT2D eigenvalue weighted by Crippen LogP contribution is -2.10. The molecule has 1 aromatic carbocycles. The smallest absolute Gasteiger partial charge is 0.180 e. The molecule has 0 aromatic heterocycles. The summed E-state index contributed by atoms with van der Waals surface area (Å²) in [4.78, 5) is 0.429. The summed E-state index contributed by atoms with van der Waals surface area (Å²) >= 11 is 0. The van der Waals surface area contributed by atoms with Crippen LogP contribution in [0.25, 0.3) is 0 Å². The van der Waals surface area contributed by atoms with Gasteiger partial charge in [0.05, 0.1) is 16.3 Å². The van der Waals surface area contributed by atoms with Crippen LogP contribution in [0, 0.1) is 5.92 Å². The maximum atomic E-state index is 11.9. The highest BCUT2D eigenvalue weighted by atomic mass is 32.2. The highest BCUT2D eigenvalue weighted by Gasteiger charge is 2.21. The zero-order valence-corrected chi connectivity index (χ0v) is 11.0. The summed E-state index contributed by atoms with van der Waals surface area (Å²) in [5, 5.41) is 3.25. The summed E-state index contributed by atoms with van der Waals surface area (Å²) in [7, 11) is -3.13. The first-order valence-electron chi connectivity index (χ1n) is 6.19. The number of anilines is 1. The van der Waals surface area contributed by atoms with Crippen LogP contribution in [0.15, 0.2) is 29.2 Å². The van der Waals surface area contributed by atoms with E-state index in [2.05, 4.69) is 5.32 Å². The van der Waals surface area contributed by atoms with Gasteiger partial charge >= 0.3 is 0 Å². The molecule has 1 aliphatic rings. The number of para-hydroxylation sites is 1. The van der Waals surface area contributed by atoms with Crippen molar-refractivity contribution in [3.05, 3.63) is 24.3 Å². The Balaban J connectivity index is 2.09. The van der Waals surface area contributed by atoms with Crippen LogP contribution in [-0.2, 0) is 9.84 Å². The summed E-state index contributed by atoms with van der Waals surface area (Å²) in [6.45, 7) is 2.54. The quantitative estimate of drug-likeness (QED) is 0.848. The fraction of sp³-hybridized carbons (Fsp3) is 0.538. The molecule has 1 aromatic rings. The molecule has 1 fully saturated rings. The van der Waals surface area contributed by atoms with Crippen LogP contribution in [0.5, 0.6) is 0 Å². The van der Waals surface area contributed by atoms with Gasteiger partial charge in [-0.2, -0.15) is 0 Å². The van der Waals surface area contributed by atoms with Crippen LogP contribution >= 0.6 is 0 Å². The third-order valence-electron chi connectivity index (χ3n) is 3.17. The zero-order chi connectivity index (χ0) is 12.3. The second-order valence-electron chi connectivity index (χ2n) is 4.56.